The summed E-state index contributed by atoms with van der Waals surface area (Å²) in [4.78, 5) is 4.10. The number of ether oxygens (including phenoxy) is 2. The number of nitrogens with zero attached hydrogens (tertiary/aromatic N) is 1. The first-order valence-electron chi connectivity index (χ1n) is 4.62. The number of methoxy groups -OCH3 is 1. The summed E-state index contributed by atoms with van der Waals surface area (Å²) in [5.41, 5.74) is 0. The Kier molecular flexibility index (Phi) is 2.91. The third kappa shape index (κ3) is 2.38. The van der Waals surface area contributed by atoms with Crippen molar-refractivity contribution < 1.29 is 9.47 Å². The Labute approximate surface area is 91.6 Å². The molecule has 0 radical (unpaired) electrons. The molecule has 1 aliphatic carbocycles. The molecule has 0 saturated heterocycles. The van der Waals surface area contributed by atoms with Crippen LogP contribution in [0, 0.1) is 5.92 Å². The Hall–Kier alpha value is -0.770. The van der Waals surface area contributed by atoms with Crippen LogP contribution in [0.2, 0.25) is 0 Å². The second kappa shape index (κ2) is 4.17. The predicted octanol–water partition coefficient (Wildman–Crippen LogP) is 2.64. The van der Waals surface area contributed by atoms with Gasteiger partial charge in [0.2, 0.25) is 0 Å². The molecule has 0 spiro atoms. The molecule has 1 aliphatic rings. The summed E-state index contributed by atoms with van der Waals surface area (Å²) in [6.07, 6.45) is 4.26. The van der Waals surface area contributed by atoms with Gasteiger partial charge in [-0.1, -0.05) is 0 Å². The maximum absolute atomic E-state index is 5.62. The van der Waals surface area contributed by atoms with Gasteiger partial charge in [-0.05, 0) is 34.7 Å². The molecule has 14 heavy (non-hydrogen) atoms. The number of hydrogen-bond acceptors (Lipinski definition) is 3. The van der Waals surface area contributed by atoms with Gasteiger partial charge in [-0.25, -0.2) is 4.98 Å². The normalized spacial score (nSPS) is 15.3. The fourth-order valence-electron chi connectivity index (χ4n) is 1.16. The van der Waals surface area contributed by atoms with Gasteiger partial charge in [-0.15, -0.1) is 0 Å². The van der Waals surface area contributed by atoms with Crippen LogP contribution in [0.4, 0.5) is 0 Å². The first-order chi connectivity index (χ1) is 6.79. The van der Waals surface area contributed by atoms with Gasteiger partial charge in [0.05, 0.1) is 13.7 Å². The lowest BCUT2D eigenvalue weighted by Gasteiger charge is -2.08. The molecule has 4 heteroatoms. The maximum Gasteiger partial charge on any atom is 0.256 e. The minimum absolute atomic E-state index is 0.550. The van der Waals surface area contributed by atoms with Crippen molar-refractivity contribution in [2.45, 2.75) is 12.8 Å². The Morgan fingerprint density at radius 3 is 3.00 bits per heavy atom. The van der Waals surface area contributed by atoms with Crippen molar-refractivity contribution in [3.8, 4) is 11.6 Å². The Bertz CT molecular complexity index is 326. The van der Waals surface area contributed by atoms with E-state index in [4.69, 9.17) is 9.47 Å². The molecule has 1 aromatic heterocycles. The molecule has 1 heterocycles. The van der Waals surface area contributed by atoms with Crippen molar-refractivity contribution in [1.82, 2.24) is 4.98 Å². The van der Waals surface area contributed by atoms with Crippen LogP contribution >= 0.6 is 15.9 Å². The zero-order chi connectivity index (χ0) is 9.97. The lowest BCUT2D eigenvalue weighted by Crippen LogP contribution is -2.01. The molecule has 0 N–H and O–H groups in total. The number of pyridine rings is 1. The smallest absolute Gasteiger partial charge is 0.256 e. The summed E-state index contributed by atoms with van der Waals surface area (Å²) < 4.78 is 11.6. The summed E-state index contributed by atoms with van der Waals surface area (Å²) in [7, 11) is 1.60. The maximum atomic E-state index is 5.62. The molecule has 0 atom stereocenters. The van der Waals surface area contributed by atoms with Gasteiger partial charge in [0.15, 0.2) is 5.75 Å². The van der Waals surface area contributed by atoms with Crippen molar-refractivity contribution in [2.75, 3.05) is 13.7 Å². The SMILES string of the molecule is COc1ncc(Br)cc1OCC1CC1. The average Bonchev–Trinajstić information content (AvgIpc) is 2.98. The third-order valence-corrected chi connectivity index (χ3v) is 2.58. The summed E-state index contributed by atoms with van der Waals surface area (Å²) in [5.74, 6) is 2.00. The molecule has 1 fully saturated rings. The van der Waals surface area contributed by atoms with E-state index in [1.165, 1.54) is 12.8 Å². The fraction of sp³-hybridized carbons (Fsp3) is 0.500. The Morgan fingerprint density at radius 1 is 1.57 bits per heavy atom. The largest absolute Gasteiger partial charge is 0.488 e. The lowest BCUT2D eigenvalue weighted by atomic mass is 10.4. The van der Waals surface area contributed by atoms with E-state index < -0.39 is 0 Å². The van der Waals surface area contributed by atoms with Crippen LogP contribution in [-0.2, 0) is 0 Å². The molecular formula is C10H12BrNO2. The second-order valence-corrected chi connectivity index (χ2v) is 4.33. The van der Waals surface area contributed by atoms with Crippen LogP contribution in [0.1, 0.15) is 12.8 Å². The van der Waals surface area contributed by atoms with Crippen LogP contribution in [-0.4, -0.2) is 18.7 Å². The summed E-state index contributed by atoms with van der Waals surface area (Å²) in [6.45, 7) is 0.772. The number of aromatic nitrogens is 1. The highest BCUT2D eigenvalue weighted by Gasteiger charge is 2.22. The molecule has 2 rings (SSSR count). The van der Waals surface area contributed by atoms with Crippen molar-refractivity contribution in [3.63, 3.8) is 0 Å². The third-order valence-electron chi connectivity index (χ3n) is 2.15. The molecule has 3 nitrogen and oxygen atoms in total. The molecule has 0 aromatic carbocycles. The summed E-state index contributed by atoms with van der Waals surface area (Å²) >= 11 is 3.35. The van der Waals surface area contributed by atoms with E-state index in [1.54, 1.807) is 13.3 Å². The zero-order valence-electron chi connectivity index (χ0n) is 8.00. The summed E-state index contributed by atoms with van der Waals surface area (Å²) in [6, 6.07) is 1.88. The van der Waals surface area contributed by atoms with E-state index in [1.807, 2.05) is 6.07 Å². The predicted molar refractivity (Wildman–Crippen MR) is 56.7 cm³/mol. The van der Waals surface area contributed by atoms with Gasteiger partial charge >= 0.3 is 0 Å². The first kappa shape index (κ1) is 9.77. The van der Waals surface area contributed by atoms with Gasteiger partial charge in [-0.2, -0.15) is 0 Å². The molecule has 0 aliphatic heterocycles. The molecular weight excluding hydrogens is 246 g/mol. The quantitative estimate of drug-likeness (QED) is 0.831. The Morgan fingerprint density at radius 2 is 2.36 bits per heavy atom. The minimum Gasteiger partial charge on any atom is -0.488 e. The Balaban J connectivity index is 2.07. The highest BCUT2D eigenvalue weighted by Crippen LogP contribution is 2.32. The highest BCUT2D eigenvalue weighted by atomic mass is 79.9. The average molecular weight is 258 g/mol. The number of hydrogen-bond donors (Lipinski definition) is 0. The monoisotopic (exact) mass is 257 g/mol. The van der Waals surface area contributed by atoms with E-state index in [9.17, 15) is 0 Å². The van der Waals surface area contributed by atoms with Crippen molar-refractivity contribution in [3.05, 3.63) is 16.7 Å². The van der Waals surface area contributed by atoms with Gasteiger partial charge in [0, 0.05) is 16.7 Å². The first-order valence-corrected chi connectivity index (χ1v) is 5.41. The standard InChI is InChI=1S/C10H12BrNO2/c1-13-10-9(4-8(11)5-12-10)14-6-7-2-3-7/h4-5,7H,2-3,6H2,1H3. The second-order valence-electron chi connectivity index (χ2n) is 3.42. The van der Waals surface area contributed by atoms with Crippen molar-refractivity contribution in [1.29, 1.82) is 0 Å². The molecule has 1 aromatic rings. The van der Waals surface area contributed by atoms with Gasteiger partial charge < -0.3 is 9.47 Å². The van der Waals surface area contributed by atoms with Crippen molar-refractivity contribution >= 4 is 15.9 Å². The molecule has 0 amide bonds. The van der Waals surface area contributed by atoms with Crippen LogP contribution in [0.15, 0.2) is 16.7 Å². The molecule has 0 bridgehead atoms. The highest BCUT2D eigenvalue weighted by molar-refractivity contribution is 9.10. The van der Waals surface area contributed by atoms with E-state index in [-0.39, 0.29) is 0 Å². The van der Waals surface area contributed by atoms with E-state index in [0.29, 0.717) is 11.6 Å². The minimum atomic E-state index is 0.550. The molecule has 76 valence electrons. The van der Waals surface area contributed by atoms with Gasteiger partial charge in [0.1, 0.15) is 0 Å². The lowest BCUT2D eigenvalue weighted by molar-refractivity contribution is 0.275. The number of halogens is 1. The van der Waals surface area contributed by atoms with E-state index >= 15 is 0 Å². The van der Waals surface area contributed by atoms with Gasteiger partial charge in [0.25, 0.3) is 5.88 Å². The van der Waals surface area contributed by atoms with Crippen LogP contribution < -0.4 is 9.47 Å². The van der Waals surface area contributed by atoms with Crippen LogP contribution in [0.25, 0.3) is 0 Å². The van der Waals surface area contributed by atoms with E-state index in [0.717, 1.165) is 17.0 Å². The molecule has 1 saturated carbocycles. The number of rotatable bonds is 4. The zero-order valence-corrected chi connectivity index (χ0v) is 9.58. The van der Waals surface area contributed by atoms with Crippen LogP contribution in [0.5, 0.6) is 11.6 Å². The van der Waals surface area contributed by atoms with Crippen molar-refractivity contribution in [2.24, 2.45) is 5.92 Å². The topological polar surface area (TPSA) is 31.4 Å². The molecule has 0 unspecified atom stereocenters. The fourth-order valence-corrected chi connectivity index (χ4v) is 1.47. The van der Waals surface area contributed by atoms with E-state index in [2.05, 4.69) is 20.9 Å². The van der Waals surface area contributed by atoms with Crippen LogP contribution in [0.3, 0.4) is 0 Å². The van der Waals surface area contributed by atoms with Gasteiger partial charge in [-0.3, -0.25) is 0 Å². The summed E-state index contributed by atoms with van der Waals surface area (Å²) in [5, 5.41) is 0.